The minimum Gasteiger partial charge on any atom is -0.485 e. The Labute approximate surface area is 177 Å². The van der Waals surface area contributed by atoms with Crippen LogP contribution in [0.5, 0.6) is 5.75 Å². The maximum atomic E-state index is 13.6. The number of carbonyl (C=O) groups is 1. The molecule has 8 heteroatoms. The number of hydrogen-bond acceptors (Lipinski definition) is 5. The molecule has 0 aliphatic carbocycles. The van der Waals surface area contributed by atoms with Gasteiger partial charge in [-0.25, -0.2) is 4.39 Å². The molecule has 0 aliphatic heterocycles. The number of carbonyl (C=O) groups excluding carboxylic acids is 1. The summed E-state index contributed by atoms with van der Waals surface area (Å²) in [6, 6.07) is 20.0. The van der Waals surface area contributed by atoms with Crippen molar-refractivity contribution in [2.45, 2.75) is 11.8 Å². The van der Waals surface area contributed by atoms with Gasteiger partial charge in [-0.3, -0.25) is 4.79 Å². The van der Waals surface area contributed by atoms with Gasteiger partial charge in [-0.05, 0) is 23.6 Å². The summed E-state index contributed by atoms with van der Waals surface area (Å²) in [4.78, 5) is 12.1. The van der Waals surface area contributed by atoms with Crippen LogP contribution >= 0.6 is 11.8 Å². The number of benzene rings is 3. The number of amides is 1. The van der Waals surface area contributed by atoms with E-state index in [9.17, 15) is 9.18 Å². The first kappa shape index (κ1) is 19.9. The van der Waals surface area contributed by atoms with E-state index in [-0.39, 0.29) is 24.0 Å². The first-order valence-electron chi connectivity index (χ1n) is 9.28. The van der Waals surface area contributed by atoms with E-state index in [4.69, 9.17) is 4.74 Å². The van der Waals surface area contributed by atoms with Gasteiger partial charge in [0.2, 0.25) is 5.91 Å². The Hall–Kier alpha value is -3.39. The average molecular weight is 422 g/mol. The monoisotopic (exact) mass is 422 g/mol. The molecule has 1 heterocycles. The molecule has 0 fully saturated rings. The molecule has 0 unspecified atom stereocenters. The Morgan fingerprint density at radius 1 is 1.07 bits per heavy atom. The number of halogens is 1. The van der Waals surface area contributed by atoms with Crippen molar-refractivity contribution in [1.29, 1.82) is 0 Å². The maximum absolute atomic E-state index is 13.6. The van der Waals surface area contributed by atoms with Crippen molar-refractivity contribution in [2.24, 2.45) is 7.05 Å². The third kappa shape index (κ3) is 4.44. The standard InChI is InChI=1S/C22H19FN4O2S/c1-27-20(13-29-19-12-6-8-15-7-2-3-9-16(15)19)25-26-22(27)30-14-21(28)24-18-11-5-4-10-17(18)23/h2-12H,13-14H2,1H3,(H,24,28). The second-order valence-electron chi connectivity index (χ2n) is 6.54. The van der Waals surface area contributed by atoms with Crippen LogP contribution in [0.3, 0.4) is 0 Å². The van der Waals surface area contributed by atoms with Crippen LogP contribution in [0.4, 0.5) is 10.1 Å². The highest BCUT2D eigenvalue weighted by molar-refractivity contribution is 7.99. The Balaban J connectivity index is 1.37. The summed E-state index contributed by atoms with van der Waals surface area (Å²) in [7, 11) is 1.82. The van der Waals surface area contributed by atoms with E-state index in [1.807, 2.05) is 49.5 Å². The number of para-hydroxylation sites is 1. The van der Waals surface area contributed by atoms with E-state index < -0.39 is 5.82 Å². The molecule has 0 saturated carbocycles. The number of anilines is 1. The zero-order chi connectivity index (χ0) is 20.9. The highest BCUT2D eigenvalue weighted by Crippen LogP contribution is 2.26. The number of fused-ring (bicyclic) bond motifs is 1. The van der Waals surface area contributed by atoms with Gasteiger partial charge >= 0.3 is 0 Å². The van der Waals surface area contributed by atoms with E-state index in [2.05, 4.69) is 15.5 Å². The van der Waals surface area contributed by atoms with Crippen LogP contribution in [0, 0.1) is 5.82 Å². The molecule has 0 saturated heterocycles. The number of aromatic nitrogens is 3. The number of thioether (sulfide) groups is 1. The lowest BCUT2D eigenvalue weighted by molar-refractivity contribution is -0.113. The van der Waals surface area contributed by atoms with Crippen molar-refractivity contribution in [3.8, 4) is 5.75 Å². The van der Waals surface area contributed by atoms with E-state index in [0.717, 1.165) is 16.5 Å². The molecule has 4 aromatic rings. The molecular weight excluding hydrogens is 403 g/mol. The van der Waals surface area contributed by atoms with E-state index in [1.165, 1.54) is 23.9 Å². The Morgan fingerprint density at radius 3 is 2.70 bits per heavy atom. The fourth-order valence-corrected chi connectivity index (χ4v) is 3.67. The SMILES string of the molecule is Cn1c(COc2cccc3ccccc23)nnc1SCC(=O)Nc1ccccc1F. The van der Waals surface area contributed by atoms with Crippen molar-refractivity contribution < 1.29 is 13.9 Å². The van der Waals surface area contributed by atoms with Crippen molar-refractivity contribution in [1.82, 2.24) is 14.8 Å². The lowest BCUT2D eigenvalue weighted by Crippen LogP contribution is -2.15. The number of ether oxygens (including phenoxy) is 1. The second-order valence-corrected chi connectivity index (χ2v) is 7.48. The van der Waals surface area contributed by atoms with Gasteiger partial charge in [-0.15, -0.1) is 10.2 Å². The van der Waals surface area contributed by atoms with Gasteiger partial charge in [0.05, 0.1) is 11.4 Å². The molecule has 3 aromatic carbocycles. The lowest BCUT2D eigenvalue weighted by atomic mass is 10.1. The van der Waals surface area contributed by atoms with Crippen molar-refractivity contribution >= 4 is 34.1 Å². The fourth-order valence-electron chi connectivity index (χ4n) is 2.94. The Kier molecular flexibility index (Phi) is 5.94. The first-order valence-corrected chi connectivity index (χ1v) is 10.3. The summed E-state index contributed by atoms with van der Waals surface area (Å²) in [5, 5.41) is 13.6. The Morgan fingerprint density at radius 2 is 1.83 bits per heavy atom. The van der Waals surface area contributed by atoms with Crippen LogP contribution in [0.25, 0.3) is 10.8 Å². The fraction of sp³-hybridized carbons (Fsp3) is 0.136. The van der Waals surface area contributed by atoms with Gasteiger partial charge in [-0.1, -0.05) is 60.3 Å². The van der Waals surface area contributed by atoms with Crippen LogP contribution in [0.15, 0.2) is 71.9 Å². The minimum atomic E-state index is -0.470. The molecule has 4 rings (SSSR count). The van der Waals surface area contributed by atoms with Crippen LogP contribution in [-0.2, 0) is 18.4 Å². The van der Waals surface area contributed by atoms with Crippen molar-refractivity contribution in [3.05, 3.63) is 78.4 Å². The number of nitrogens with one attached hydrogen (secondary N) is 1. The quantitative estimate of drug-likeness (QED) is 0.447. The molecule has 0 aliphatic rings. The van der Waals surface area contributed by atoms with Gasteiger partial charge in [0.15, 0.2) is 11.0 Å². The number of rotatable bonds is 7. The van der Waals surface area contributed by atoms with Crippen LogP contribution in [0.2, 0.25) is 0 Å². The zero-order valence-electron chi connectivity index (χ0n) is 16.2. The zero-order valence-corrected chi connectivity index (χ0v) is 17.0. The predicted octanol–water partition coefficient (Wildman–Crippen LogP) is 4.42. The van der Waals surface area contributed by atoms with Crippen LogP contribution in [0.1, 0.15) is 5.82 Å². The predicted molar refractivity (Wildman–Crippen MR) is 115 cm³/mol. The number of nitrogens with zero attached hydrogens (tertiary/aromatic N) is 3. The van der Waals surface area contributed by atoms with Gasteiger partial charge in [0.1, 0.15) is 18.2 Å². The van der Waals surface area contributed by atoms with Gasteiger partial charge in [-0.2, -0.15) is 0 Å². The largest absolute Gasteiger partial charge is 0.485 e. The molecule has 1 amide bonds. The first-order chi connectivity index (χ1) is 14.6. The molecule has 1 aromatic heterocycles. The molecular formula is C22H19FN4O2S. The summed E-state index contributed by atoms with van der Waals surface area (Å²) in [5.41, 5.74) is 0.158. The molecule has 0 bridgehead atoms. The molecule has 0 atom stereocenters. The molecule has 1 N–H and O–H groups in total. The number of hydrogen-bond donors (Lipinski definition) is 1. The van der Waals surface area contributed by atoms with Gasteiger partial charge in [0.25, 0.3) is 0 Å². The molecule has 152 valence electrons. The third-order valence-electron chi connectivity index (χ3n) is 4.51. The van der Waals surface area contributed by atoms with Crippen LogP contribution in [-0.4, -0.2) is 26.4 Å². The lowest BCUT2D eigenvalue weighted by Gasteiger charge is -2.09. The van der Waals surface area contributed by atoms with E-state index >= 15 is 0 Å². The van der Waals surface area contributed by atoms with Crippen molar-refractivity contribution in [3.63, 3.8) is 0 Å². The Bertz CT molecular complexity index is 1190. The van der Waals surface area contributed by atoms with Gasteiger partial charge in [0, 0.05) is 12.4 Å². The average Bonchev–Trinajstić information content (AvgIpc) is 3.12. The van der Waals surface area contributed by atoms with Crippen LogP contribution < -0.4 is 10.1 Å². The summed E-state index contributed by atoms with van der Waals surface area (Å²) >= 11 is 1.22. The normalized spacial score (nSPS) is 10.9. The van der Waals surface area contributed by atoms with E-state index in [0.29, 0.717) is 11.0 Å². The summed E-state index contributed by atoms with van der Waals surface area (Å²) in [5.74, 6) is 0.711. The summed E-state index contributed by atoms with van der Waals surface area (Å²) in [6.45, 7) is 0.249. The highest BCUT2D eigenvalue weighted by atomic mass is 32.2. The third-order valence-corrected chi connectivity index (χ3v) is 5.53. The molecule has 6 nitrogen and oxygen atoms in total. The summed E-state index contributed by atoms with van der Waals surface area (Å²) in [6.07, 6.45) is 0. The van der Waals surface area contributed by atoms with Crippen molar-refractivity contribution in [2.75, 3.05) is 11.1 Å². The smallest absolute Gasteiger partial charge is 0.234 e. The minimum absolute atomic E-state index is 0.0878. The molecule has 0 radical (unpaired) electrons. The topological polar surface area (TPSA) is 69.0 Å². The van der Waals surface area contributed by atoms with E-state index in [1.54, 1.807) is 16.7 Å². The highest BCUT2D eigenvalue weighted by Gasteiger charge is 2.13. The molecule has 0 spiro atoms. The summed E-state index contributed by atoms with van der Waals surface area (Å²) < 4.78 is 21.4. The van der Waals surface area contributed by atoms with Gasteiger partial charge < -0.3 is 14.6 Å². The second kappa shape index (κ2) is 8.96. The molecule has 30 heavy (non-hydrogen) atoms. The maximum Gasteiger partial charge on any atom is 0.234 e.